The van der Waals surface area contributed by atoms with Crippen molar-refractivity contribution in [3.63, 3.8) is 0 Å². The maximum Gasteiger partial charge on any atom is 0.0826 e. The quantitative estimate of drug-likeness (QED) is 0.737. The van der Waals surface area contributed by atoms with Gasteiger partial charge in [0.15, 0.2) is 0 Å². The number of rotatable bonds is 3. The van der Waals surface area contributed by atoms with Crippen molar-refractivity contribution in [3.8, 4) is 0 Å². The minimum atomic E-state index is 0.0697. The predicted octanol–water partition coefficient (Wildman–Crippen LogP) is 3.28. The first kappa shape index (κ1) is 11.9. The van der Waals surface area contributed by atoms with Crippen molar-refractivity contribution < 1.29 is 9.47 Å². The highest BCUT2D eigenvalue weighted by atomic mass is 79.9. The van der Waals surface area contributed by atoms with Crippen LogP contribution in [-0.2, 0) is 9.47 Å². The number of hydrogen-bond acceptors (Lipinski definition) is 2. The van der Waals surface area contributed by atoms with Crippen molar-refractivity contribution in [1.82, 2.24) is 0 Å². The highest BCUT2D eigenvalue weighted by Gasteiger charge is 2.35. The summed E-state index contributed by atoms with van der Waals surface area (Å²) in [5, 5.41) is 0.958. The Morgan fingerprint density at radius 3 is 2.40 bits per heavy atom. The summed E-state index contributed by atoms with van der Waals surface area (Å²) in [4.78, 5) is 0. The molecule has 1 aliphatic heterocycles. The lowest BCUT2D eigenvalue weighted by atomic mass is 9.93. The molecule has 1 saturated carbocycles. The lowest BCUT2D eigenvalue weighted by molar-refractivity contribution is -0.136. The molecule has 2 rings (SSSR count). The second-order valence-corrected chi connectivity index (χ2v) is 5.37. The van der Waals surface area contributed by atoms with Crippen LogP contribution in [0.15, 0.2) is 0 Å². The molecule has 0 aromatic carbocycles. The molecule has 1 saturated heterocycles. The van der Waals surface area contributed by atoms with E-state index >= 15 is 0 Å². The van der Waals surface area contributed by atoms with Crippen LogP contribution in [0.2, 0.25) is 0 Å². The standard InChI is InChI=1S/C12H21BrO2/c13-10-12(6-8-14-9-7-12)15-11-4-2-1-3-5-11/h11H,1-10H2. The molecule has 1 aliphatic carbocycles. The van der Waals surface area contributed by atoms with Crippen LogP contribution >= 0.6 is 15.9 Å². The Kier molecular flexibility index (Phi) is 4.47. The van der Waals surface area contributed by atoms with E-state index in [2.05, 4.69) is 15.9 Å². The third-order valence-corrected chi connectivity index (χ3v) is 4.64. The molecule has 0 unspecified atom stereocenters. The molecule has 0 aromatic rings. The van der Waals surface area contributed by atoms with Crippen LogP contribution < -0.4 is 0 Å². The largest absolute Gasteiger partial charge is 0.381 e. The first-order chi connectivity index (χ1) is 7.35. The van der Waals surface area contributed by atoms with Crippen molar-refractivity contribution in [2.75, 3.05) is 18.5 Å². The predicted molar refractivity (Wildman–Crippen MR) is 64.5 cm³/mol. The molecule has 1 heterocycles. The molecule has 2 nitrogen and oxygen atoms in total. The van der Waals surface area contributed by atoms with Crippen molar-refractivity contribution in [2.45, 2.75) is 56.7 Å². The number of hydrogen-bond donors (Lipinski definition) is 0. The van der Waals surface area contributed by atoms with Crippen LogP contribution in [0.3, 0.4) is 0 Å². The summed E-state index contributed by atoms with van der Waals surface area (Å²) in [6, 6.07) is 0. The van der Waals surface area contributed by atoms with Crippen LogP contribution in [0.1, 0.15) is 44.9 Å². The smallest absolute Gasteiger partial charge is 0.0826 e. The lowest BCUT2D eigenvalue weighted by Crippen LogP contribution is -2.44. The van der Waals surface area contributed by atoms with Crippen molar-refractivity contribution in [2.24, 2.45) is 0 Å². The molecule has 0 spiro atoms. The number of ether oxygens (including phenoxy) is 2. The molecular formula is C12H21BrO2. The van der Waals surface area contributed by atoms with E-state index < -0.39 is 0 Å². The fourth-order valence-electron chi connectivity index (χ4n) is 2.56. The average molecular weight is 277 g/mol. The van der Waals surface area contributed by atoms with Gasteiger partial charge in [0.2, 0.25) is 0 Å². The molecule has 2 aliphatic rings. The molecule has 88 valence electrons. The zero-order valence-electron chi connectivity index (χ0n) is 9.34. The normalized spacial score (nSPS) is 27.8. The maximum atomic E-state index is 6.34. The van der Waals surface area contributed by atoms with Gasteiger partial charge in [-0.15, -0.1) is 0 Å². The summed E-state index contributed by atoms with van der Waals surface area (Å²) in [5.74, 6) is 0. The molecule has 15 heavy (non-hydrogen) atoms. The van der Waals surface area contributed by atoms with Gasteiger partial charge in [0, 0.05) is 31.4 Å². The molecular weight excluding hydrogens is 256 g/mol. The van der Waals surface area contributed by atoms with E-state index in [1.54, 1.807) is 0 Å². The summed E-state index contributed by atoms with van der Waals surface area (Å²) in [6.45, 7) is 1.72. The van der Waals surface area contributed by atoms with Crippen molar-refractivity contribution in [1.29, 1.82) is 0 Å². The minimum Gasteiger partial charge on any atom is -0.381 e. The molecule has 3 heteroatoms. The van der Waals surface area contributed by atoms with E-state index in [-0.39, 0.29) is 5.60 Å². The van der Waals surface area contributed by atoms with Gasteiger partial charge in [-0.3, -0.25) is 0 Å². The minimum absolute atomic E-state index is 0.0697. The van der Waals surface area contributed by atoms with E-state index in [4.69, 9.17) is 9.47 Å². The molecule has 2 fully saturated rings. The first-order valence-corrected chi connectivity index (χ1v) is 7.28. The van der Waals surface area contributed by atoms with E-state index in [9.17, 15) is 0 Å². The third kappa shape index (κ3) is 3.18. The average Bonchev–Trinajstić information content (AvgIpc) is 2.32. The van der Waals surface area contributed by atoms with Gasteiger partial charge in [-0.05, 0) is 12.8 Å². The van der Waals surface area contributed by atoms with Crippen LogP contribution in [0.4, 0.5) is 0 Å². The van der Waals surface area contributed by atoms with Crippen LogP contribution in [0.5, 0.6) is 0 Å². The summed E-state index contributed by atoms with van der Waals surface area (Å²) >= 11 is 3.61. The fourth-order valence-corrected chi connectivity index (χ4v) is 3.26. The van der Waals surface area contributed by atoms with E-state index in [1.165, 1.54) is 32.1 Å². The highest BCUT2D eigenvalue weighted by molar-refractivity contribution is 9.09. The van der Waals surface area contributed by atoms with E-state index in [1.807, 2.05) is 0 Å². The zero-order chi connectivity index (χ0) is 10.6. The Bertz CT molecular complexity index is 184. The molecule has 0 aromatic heterocycles. The summed E-state index contributed by atoms with van der Waals surface area (Å²) in [6.07, 6.45) is 9.22. The second kappa shape index (κ2) is 5.65. The van der Waals surface area contributed by atoms with E-state index in [0.717, 1.165) is 31.4 Å². The van der Waals surface area contributed by atoms with Gasteiger partial charge in [-0.2, -0.15) is 0 Å². The van der Waals surface area contributed by atoms with Gasteiger partial charge >= 0.3 is 0 Å². The molecule has 0 N–H and O–H groups in total. The Labute approximate surface area is 101 Å². The van der Waals surface area contributed by atoms with Crippen LogP contribution in [0, 0.1) is 0 Å². The third-order valence-electron chi connectivity index (χ3n) is 3.62. The van der Waals surface area contributed by atoms with Gasteiger partial charge in [0.05, 0.1) is 11.7 Å². The molecule has 0 radical (unpaired) electrons. The van der Waals surface area contributed by atoms with Crippen molar-refractivity contribution >= 4 is 15.9 Å². The SMILES string of the molecule is BrCC1(OC2CCCCC2)CCOCC1. The second-order valence-electron chi connectivity index (χ2n) is 4.81. The molecule has 0 bridgehead atoms. The Hall–Kier alpha value is 0.400. The maximum absolute atomic E-state index is 6.34. The lowest BCUT2D eigenvalue weighted by Gasteiger charge is -2.39. The summed E-state index contributed by atoms with van der Waals surface area (Å²) < 4.78 is 11.8. The van der Waals surface area contributed by atoms with E-state index in [0.29, 0.717) is 6.10 Å². The van der Waals surface area contributed by atoms with Gasteiger partial charge in [0.25, 0.3) is 0 Å². The monoisotopic (exact) mass is 276 g/mol. The van der Waals surface area contributed by atoms with Crippen LogP contribution in [0.25, 0.3) is 0 Å². The highest BCUT2D eigenvalue weighted by Crippen LogP contribution is 2.32. The molecule has 0 atom stereocenters. The first-order valence-electron chi connectivity index (χ1n) is 6.16. The number of halogens is 1. The number of alkyl halides is 1. The Balaban J connectivity index is 1.87. The van der Waals surface area contributed by atoms with Gasteiger partial charge in [-0.1, -0.05) is 35.2 Å². The molecule has 0 amide bonds. The topological polar surface area (TPSA) is 18.5 Å². The van der Waals surface area contributed by atoms with Gasteiger partial charge in [0.1, 0.15) is 0 Å². The zero-order valence-corrected chi connectivity index (χ0v) is 10.9. The van der Waals surface area contributed by atoms with Gasteiger partial charge < -0.3 is 9.47 Å². The van der Waals surface area contributed by atoms with Gasteiger partial charge in [-0.25, -0.2) is 0 Å². The summed E-state index contributed by atoms with van der Waals surface area (Å²) in [7, 11) is 0. The Morgan fingerprint density at radius 2 is 1.80 bits per heavy atom. The Morgan fingerprint density at radius 1 is 1.13 bits per heavy atom. The van der Waals surface area contributed by atoms with Crippen molar-refractivity contribution in [3.05, 3.63) is 0 Å². The summed E-state index contributed by atoms with van der Waals surface area (Å²) in [5.41, 5.74) is 0.0697. The fraction of sp³-hybridized carbons (Fsp3) is 1.00. The van der Waals surface area contributed by atoms with Crippen LogP contribution in [-0.4, -0.2) is 30.2 Å².